The molecule has 2 rings (SSSR count). The summed E-state index contributed by atoms with van der Waals surface area (Å²) in [5.41, 5.74) is 6.26. The van der Waals surface area contributed by atoms with Crippen molar-refractivity contribution >= 4 is 15.9 Å². The van der Waals surface area contributed by atoms with Crippen molar-refractivity contribution in [1.29, 1.82) is 0 Å². The summed E-state index contributed by atoms with van der Waals surface area (Å²) in [7, 11) is 0. The molecular formula is C15H21Br. The smallest absolute Gasteiger partial charge is 0.0154 e. The van der Waals surface area contributed by atoms with E-state index in [2.05, 4.69) is 55.8 Å². The van der Waals surface area contributed by atoms with E-state index >= 15 is 0 Å². The standard InChI is InChI=1S/C15H21Br/c1-10-7-12(3)14(8-11(10)2)15(4)6-5-13(16)9-15/h7-8,13H,5-6,9H2,1-4H3. The summed E-state index contributed by atoms with van der Waals surface area (Å²) in [6.07, 6.45) is 3.89. The second-order valence-corrected chi connectivity index (χ2v) is 6.95. The summed E-state index contributed by atoms with van der Waals surface area (Å²) >= 11 is 3.77. The fourth-order valence-corrected chi connectivity index (χ4v) is 3.97. The Bertz CT molecular complexity index is 408. The molecule has 0 heterocycles. The van der Waals surface area contributed by atoms with Gasteiger partial charge in [-0.2, -0.15) is 0 Å². The SMILES string of the molecule is Cc1cc(C)c(C2(C)CCC(Br)C2)cc1C. The van der Waals surface area contributed by atoms with Crippen LogP contribution < -0.4 is 0 Å². The van der Waals surface area contributed by atoms with Crippen molar-refractivity contribution < 1.29 is 0 Å². The summed E-state index contributed by atoms with van der Waals surface area (Å²) in [5, 5.41) is 0. The maximum atomic E-state index is 3.77. The average molecular weight is 281 g/mol. The maximum absolute atomic E-state index is 3.77. The number of alkyl halides is 1. The predicted molar refractivity (Wildman–Crippen MR) is 74.6 cm³/mol. The van der Waals surface area contributed by atoms with Crippen LogP contribution in [0.4, 0.5) is 0 Å². The van der Waals surface area contributed by atoms with Crippen LogP contribution in [0.3, 0.4) is 0 Å². The Morgan fingerprint density at radius 2 is 1.75 bits per heavy atom. The molecule has 16 heavy (non-hydrogen) atoms. The molecule has 0 saturated heterocycles. The first kappa shape index (κ1) is 12.2. The molecule has 1 saturated carbocycles. The van der Waals surface area contributed by atoms with E-state index in [1.54, 1.807) is 5.56 Å². The molecule has 0 bridgehead atoms. The highest BCUT2D eigenvalue weighted by atomic mass is 79.9. The molecule has 1 aliphatic rings. The lowest BCUT2D eigenvalue weighted by atomic mass is 9.77. The molecule has 1 aliphatic carbocycles. The van der Waals surface area contributed by atoms with Crippen LogP contribution in [0.2, 0.25) is 0 Å². The minimum atomic E-state index is 0.386. The van der Waals surface area contributed by atoms with Gasteiger partial charge in [-0.25, -0.2) is 0 Å². The molecule has 1 aromatic carbocycles. The van der Waals surface area contributed by atoms with Gasteiger partial charge in [0.1, 0.15) is 0 Å². The molecule has 0 aliphatic heterocycles. The molecule has 0 spiro atoms. The Labute approximate surface area is 108 Å². The molecular weight excluding hydrogens is 260 g/mol. The first-order chi connectivity index (χ1) is 7.42. The van der Waals surface area contributed by atoms with Gasteiger partial charge < -0.3 is 0 Å². The second kappa shape index (κ2) is 4.18. The second-order valence-electron chi connectivity index (χ2n) is 5.65. The fraction of sp³-hybridized carbons (Fsp3) is 0.600. The topological polar surface area (TPSA) is 0 Å². The third kappa shape index (κ3) is 2.07. The lowest BCUT2D eigenvalue weighted by Crippen LogP contribution is -2.19. The molecule has 0 aromatic heterocycles. The highest BCUT2D eigenvalue weighted by Gasteiger charge is 2.36. The van der Waals surface area contributed by atoms with Gasteiger partial charge in [0.2, 0.25) is 0 Å². The number of hydrogen-bond donors (Lipinski definition) is 0. The molecule has 2 unspecified atom stereocenters. The van der Waals surface area contributed by atoms with Crippen LogP contribution in [0.5, 0.6) is 0 Å². The van der Waals surface area contributed by atoms with Crippen molar-refractivity contribution in [3.05, 3.63) is 34.4 Å². The van der Waals surface area contributed by atoms with E-state index in [0.29, 0.717) is 10.2 Å². The summed E-state index contributed by atoms with van der Waals surface area (Å²) < 4.78 is 0. The molecule has 1 aromatic rings. The molecule has 1 fully saturated rings. The van der Waals surface area contributed by atoms with Crippen LogP contribution in [0.1, 0.15) is 48.4 Å². The van der Waals surface area contributed by atoms with Crippen molar-refractivity contribution in [2.75, 3.05) is 0 Å². The van der Waals surface area contributed by atoms with E-state index in [-0.39, 0.29) is 0 Å². The average Bonchev–Trinajstić information content (AvgIpc) is 2.53. The van der Waals surface area contributed by atoms with Crippen molar-refractivity contribution in [2.45, 2.75) is 57.2 Å². The largest absolute Gasteiger partial charge is 0.0890 e. The Kier molecular flexibility index (Phi) is 3.18. The van der Waals surface area contributed by atoms with Gasteiger partial charge in [0, 0.05) is 4.83 Å². The van der Waals surface area contributed by atoms with Crippen molar-refractivity contribution in [3.8, 4) is 0 Å². The lowest BCUT2D eigenvalue weighted by molar-refractivity contribution is 0.490. The zero-order valence-corrected chi connectivity index (χ0v) is 12.3. The number of rotatable bonds is 1. The van der Waals surface area contributed by atoms with E-state index in [0.717, 1.165) is 0 Å². The normalized spacial score (nSPS) is 29.7. The Hall–Kier alpha value is -0.300. The van der Waals surface area contributed by atoms with Gasteiger partial charge in [0.25, 0.3) is 0 Å². The zero-order chi connectivity index (χ0) is 11.9. The number of benzene rings is 1. The highest BCUT2D eigenvalue weighted by molar-refractivity contribution is 9.09. The van der Waals surface area contributed by atoms with Crippen molar-refractivity contribution in [3.63, 3.8) is 0 Å². The Balaban J connectivity index is 2.44. The van der Waals surface area contributed by atoms with E-state index in [9.17, 15) is 0 Å². The van der Waals surface area contributed by atoms with E-state index in [1.165, 1.54) is 36.0 Å². The molecule has 0 N–H and O–H groups in total. The molecule has 1 heteroatoms. The summed E-state index contributed by atoms with van der Waals surface area (Å²) in [6.45, 7) is 9.11. The minimum Gasteiger partial charge on any atom is -0.0890 e. The fourth-order valence-electron chi connectivity index (χ4n) is 3.02. The summed E-state index contributed by atoms with van der Waals surface area (Å²) in [5.74, 6) is 0. The maximum Gasteiger partial charge on any atom is 0.0154 e. The van der Waals surface area contributed by atoms with E-state index in [4.69, 9.17) is 0 Å². The Morgan fingerprint density at radius 1 is 1.12 bits per heavy atom. The van der Waals surface area contributed by atoms with Crippen LogP contribution in [0.15, 0.2) is 12.1 Å². The van der Waals surface area contributed by atoms with Gasteiger partial charge >= 0.3 is 0 Å². The van der Waals surface area contributed by atoms with Gasteiger partial charge in [0.05, 0.1) is 0 Å². The molecule has 0 nitrogen and oxygen atoms in total. The summed E-state index contributed by atoms with van der Waals surface area (Å²) in [4.78, 5) is 0.707. The van der Waals surface area contributed by atoms with Crippen LogP contribution in [-0.4, -0.2) is 4.83 Å². The molecule has 88 valence electrons. The van der Waals surface area contributed by atoms with Crippen LogP contribution in [-0.2, 0) is 5.41 Å². The third-order valence-corrected chi connectivity index (χ3v) is 4.95. The number of halogens is 1. The predicted octanol–water partition coefficient (Wildman–Crippen LogP) is 4.82. The van der Waals surface area contributed by atoms with Gasteiger partial charge in [-0.05, 0) is 67.7 Å². The zero-order valence-electron chi connectivity index (χ0n) is 10.7. The van der Waals surface area contributed by atoms with Crippen LogP contribution in [0, 0.1) is 20.8 Å². The van der Waals surface area contributed by atoms with Crippen molar-refractivity contribution in [2.24, 2.45) is 0 Å². The van der Waals surface area contributed by atoms with Crippen LogP contribution in [0.25, 0.3) is 0 Å². The lowest BCUT2D eigenvalue weighted by Gasteiger charge is -2.27. The molecule has 0 radical (unpaired) electrons. The molecule has 2 atom stereocenters. The first-order valence-electron chi connectivity index (χ1n) is 6.15. The third-order valence-electron chi connectivity index (χ3n) is 4.17. The van der Waals surface area contributed by atoms with Gasteiger partial charge in [-0.3, -0.25) is 0 Å². The van der Waals surface area contributed by atoms with Crippen molar-refractivity contribution in [1.82, 2.24) is 0 Å². The van der Waals surface area contributed by atoms with Crippen LogP contribution >= 0.6 is 15.9 Å². The quantitative estimate of drug-likeness (QED) is 0.647. The summed E-state index contributed by atoms with van der Waals surface area (Å²) in [6, 6.07) is 4.76. The van der Waals surface area contributed by atoms with Gasteiger partial charge in [0.15, 0.2) is 0 Å². The Morgan fingerprint density at radius 3 is 2.31 bits per heavy atom. The molecule has 0 amide bonds. The number of hydrogen-bond acceptors (Lipinski definition) is 0. The van der Waals surface area contributed by atoms with E-state index < -0.39 is 0 Å². The monoisotopic (exact) mass is 280 g/mol. The van der Waals surface area contributed by atoms with E-state index in [1.807, 2.05) is 0 Å². The minimum absolute atomic E-state index is 0.386. The van der Waals surface area contributed by atoms with Gasteiger partial charge in [-0.1, -0.05) is 35.0 Å². The first-order valence-corrected chi connectivity index (χ1v) is 7.06. The van der Waals surface area contributed by atoms with Gasteiger partial charge in [-0.15, -0.1) is 0 Å². The highest BCUT2D eigenvalue weighted by Crippen LogP contribution is 2.45. The number of aryl methyl sites for hydroxylation is 3.